The van der Waals surface area contributed by atoms with Crippen LogP contribution in [0.2, 0.25) is 0 Å². The van der Waals surface area contributed by atoms with Gasteiger partial charge in [0.25, 0.3) is 0 Å². The number of ether oxygens (including phenoxy) is 1. The molecule has 3 rings (SSSR count). The summed E-state index contributed by atoms with van der Waals surface area (Å²) in [6.45, 7) is 6.44. The molecule has 6 nitrogen and oxygen atoms in total. The third kappa shape index (κ3) is 6.16. The fraction of sp³-hybridized carbons (Fsp3) is 0.762. The number of anilines is 1. The van der Waals surface area contributed by atoms with E-state index in [1.807, 2.05) is 19.2 Å². The first kappa shape index (κ1) is 21.5. The van der Waals surface area contributed by atoms with Crippen molar-refractivity contribution in [3.05, 3.63) is 23.9 Å². The molecule has 1 aliphatic heterocycles. The first-order valence-electron chi connectivity index (χ1n) is 10.6. The number of hydrogen-bond donors (Lipinski definition) is 1. The van der Waals surface area contributed by atoms with Crippen LogP contribution in [0.3, 0.4) is 0 Å². The molecule has 2 fully saturated rings. The smallest absolute Gasteiger partial charge is 0.208 e. The summed E-state index contributed by atoms with van der Waals surface area (Å²) in [4.78, 5) is 6.80. The molecule has 2 heterocycles. The first-order valence-corrected chi connectivity index (χ1v) is 12.5. The van der Waals surface area contributed by atoms with Gasteiger partial charge in [0.1, 0.15) is 5.82 Å². The van der Waals surface area contributed by atoms with Crippen LogP contribution < -0.4 is 9.62 Å². The van der Waals surface area contributed by atoms with Gasteiger partial charge in [-0.25, -0.2) is 18.1 Å². The molecule has 1 N–H and O–H groups in total. The second kappa shape index (κ2) is 9.55. The molecule has 1 aromatic heterocycles. The number of pyridine rings is 1. The molecular weight excluding hydrogens is 374 g/mol. The van der Waals surface area contributed by atoms with Gasteiger partial charge >= 0.3 is 0 Å². The number of nitrogens with zero attached hydrogens (tertiary/aromatic N) is 2. The number of hydrogen-bond acceptors (Lipinski definition) is 5. The summed E-state index contributed by atoms with van der Waals surface area (Å²) < 4.78 is 32.8. The van der Waals surface area contributed by atoms with E-state index in [1.54, 1.807) is 0 Å². The molecule has 0 bridgehead atoms. The van der Waals surface area contributed by atoms with Crippen molar-refractivity contribution in [1.29, 1.82) is 0 Å². The topological polar surface area (TPSA) is 71.5 Å². The third-order valence-electron chi connectivity index (χ3n) is 6.24. The van der Waals surface area contributed by atoms with Gasteiger partial charge in [0.2, 0.25) is 10.0 Å². The van der Waals surface area contributed by atoms with Gasteiger partial charge in [-0.2, -0.15) is 0 Å². The summed E-state index contributed by atoms with van der Waals surface area (Å²) in [6, 6.07) is 4.04. The molecule has 1 saturated carbocycles. The Balaban J connectivity index is 1.62. The van der Waals surface area contributed by atoms with Crippen LogP contribution in [0.15, 0.2) is 18.3 Å². The highest BCUT2D eigenvalue weighted by Crippen LogP contribution is 2.29. The van der Waals surface area contributed by atoms with Crippen LogP contribution in [0.5, 0.6) is 0 Å². The Bertz CT molecular complexity index is 715. The van der Waals surface area contributed by atoms with Crippen LogP contribution in [0.4, 0.5) is 5.82 Å². The van der Waals surface area contributed by atoms with Crippen molar-refractivity contribution >= 4 is 15.8 Å². The molecule has 2 unspecified atom stereocenters. The number of nitrogens with one attached hydrogen (secondary N) is 1. The highest BCUT2D eigenvalue weighted by molar-refractivity contribution is 7.88. The van der Waals surface area contributed by atoms with E-state index in [2.05, 4.69) is 27.6 Å². The van der Waals surface area contributed by atoms with Crippen molar-refractivity contribution in [2.24, 2.45) is 11.8 Å². The van der Waals surface area contributed by atoms with E-state index in [0.717, 1.165) is 49.7 Å². The Hall–Kier alpha value is -1.18. The standard InChI is InChI=1S/C21H35N3O3S/c1-4-17-6-8-19(9-7-17)27-15-18-14-24(21-10-5-16(2)13-22-21)12-11-20(18)23-28(3,25)26/h5,10,13,17-20,23H,4,6-9,11-12,14-15H2,1-3H3. The second-order valence-electron chi connectivity index (χ2n) is 8.57. The molecule has 0 spiro atoms. The Morgan fingerprint density at radius 2 is 1.96 bits per heavy atom. The average Bonchev–Trinajstić information content (AvgIpc) is 2.67. The third-order valence-corrected chi connectivity index (χ3v) is 6.97. The molecule has 0 aromatic carbocycles. The summed E-state index contributed by atoms with van der Waals surface area (Å²) in [6.07, 6.45) is 10.2. The van der Waals surface area contributed by atoms with Crippen LogP contribution in [-0.4, -0.2) is 51.5 Å². The van der Waals surface area contributed by atoms with Gasteiger partial charge in [0.05, 0.1) is 19.0 Å². The molecule has 28 heavy (non-hydrogen) atoms. The van der Waals surface area contributed by atoms with E-state index >= 15 is 0 Å². The lowest BCUT2D eigenvalue weighted by molar-refractivity contribution is -0.00741. The van der Waals surface area contributed by atoms with E-state index in [0.29, 0.717) is 12.7 Å². The summed E-state index contributed by atoms with van der Waals surface area (Å²) >= 11 is 0. The van der Waals surface area contributed by atoms with Crippen LogP contribution in [0, 0.1) is 18.8 Å². The number of rotatable bonds is 7. The fourth-order valence-corrected chi connectivity index (χ4v) is 5.31. The number of piperidine rings is 1. The van der Waals surface area contributed by atoms with Crippen molar-refractivity contribution in [3.63, 3.8) is 0 Å². The Labute approximate surface area is 170 Å². The average molecular weight is 410 g/mol. The van der Waals surface area contributed by atoms with Gasteiger partial charge in [-0.1, -0.05) is 19.4 Å². The zero-order valence-electron chi connectivity index (χ0n) is 17.4. The molecule has 1 aliphatic carbocycles. The van der Waals surface area contributed by atoms with E-state index in [4.69, 9.17) is 4.74 Å². The number of aryl methyl sites for hydroxylation is 1. The Morgan fingerprint density at radius 3 is 2.57 bits per heavy atom. The molecular formula is C21H35N3O3S. The SMILES string of the molecule is CCC1CCC(OCC2CN(c3ccc(C)cn3)CCC2NS(C)(=O)=O)CC1. The monoisotopic (exact) mass is 409 g/mol. The van der Waals surface area contributed by atoms with Crippen molar-refractivity contribution in [1.82, 2.24) is 9.71 Å². The molecule has 1 saturated heterocycles. The van der Waals surface area contributed by atoms with E-state index < -0.39 is 10.0 Å². The van der Waals surface area contributed by atoms with Crippen LogP contribution in [-0.2, 0) is 14.8 Å². The minimum absolute atomic E-state index is 0.0799. The summed E-state index contributed by atoms with van der Waals surface area (Å²) in [5.41, 5.74) is 1.14. The zero-order chi connectivity index (χ0) is 20.1. The lowest BCUT2D eigenvalue weighted by Gasteiger charge is -2.40. The number of aromatic nitrogens is 1. The first-order chi connectivity index (χ1) is 13.3. The van der Waals surface area contributed by atoms with Crippen LogP contribution in [0.1, 0.15) is 51.0 Å². The normalized spacial score (nSPS) is 29.0. The maximum absolute atomic E-state index is 11.8. The highest BCUT2D eigenvalue weighted by atomic mass is 32.2. The van der Waals surface area contributed by atoms with Gasteiger partial charge < -0.3 is 9.64 Å². The van der Waals surface area contributed by atoms with Gasteiger partial charge in [-0.05, 0) is 56.6 Å². The molecule has 0 amide bonds. The zero-order valence-corrected chi connectivity index (χ0v) is 18.2. The molecule has 2 atom stereocenters. The minimum Gasteiger partial charge on any atom is -0.378 e. The Morgan fingerprint density at radius 1 is 1.21 bits per heavy atom. The lowest BCUT2D eigenvalue weighted by Crippen LogP contribution is -2.52. The molecule has 158 valence electrons. The van der Waals surface area contributed by atoms with Crippen LogP contribution >= 0.6 is 0 Å². The summed E-state index contributed by atoms with van der Waals surface area (Å²) in [5.74, 6) is 1.92. The summed E-state index contributed by atoms with van der Waals surface area (Å²) in [7, 11) is -3.24. The second-order valence-corrected chi connectivity index (χ2v) is 10.3. The quantitative estimate of drug-likeness (QED) is 0.749. The maximum atomic E-state index is 11.8. The predicted octanol–water partition coefficient (Wildman–Crippen LogP) is 3.12. The molecule has 1 aromatic rings. The largest absolute Gasteiger partial charge is 0.378 e. The molecule has 2 aliphatic rings. The predicted molar refractivity (Wildman–Crippen MR) is 113 cm³/mol. The lowest BCUT2D eigenvalue weighted by atomic mass is 9.85. The summed E-state index contributed by atoms with van der Waals surface area (Å²) in [5, 5.41) is 0. The van der Waals surface area contributed by atoms with E-state index in [1.165, 1.54) is 25.5 Å². The van der Waals surface area contributed by atoms with Gasteiger partial charge in [-0.3, -0.25) is 0 Å². The van der Waals surface area contributed by atoms with Crippen molar-refractivity contribution in [2.75, 3.05) is 30.9 Å². The van der Waals surface area contributed by atoms with Crippen molar-refractivity contribution in [2.45, 2.75) is 64.5 Å². The molecule has 0 radical (unpaired) electrons. The van der Waals surface area contributed by atoms with E-state index in [-0.39, 0.29) is 12.0 Å². The minimum atomic E-state index is -3.24. The van der Waals surface area contributed by atoms with Crippen molar-refractivity contribution < 1.29 is 13.2 Å². The number of sulfonamides is 1. The fourth-order valence-electron chi connectivity index (χ4n) is 4.45. The van der Waals surface area contributed by atoms with E-state index in [9.17, 15) is 8.42 Å². The Kier molecular flexibility index (Phi) is 7.34. The van der Waals surface area contributed by atoms with Gasteiger partial charge in [-0.15, -0.1) is 0 Å². The van der Waals surface area contributed by atoms with Crippen molar-refractivity contribution in [3.8, 4) is 0 Å². The van der Waals surface area contributed by atoms with Gasteiger partial charge in [0.15, 0.2) is 0 Å². The van der Waals surface area contributed by atoms with Crippen LogP contribution in [0.25, 0.3) is 0 Å². The molecule has 7 heteroatoms. The maximum Gasteiger partial charge on any atom is 0.208 e. The highest BCUT2D eigenvalue weighted by Gasteiger charge is 2.33. The van der Waals surface area contributed by atoms with Gasteiger partial charge in [0, 0.05) is 31.2 Å².